The van der Waals surface area contributed by atoms with E-state index in [-0.39, 0.29) is 19.3 Å². The van der Waals surface area contributed by atoms with Crippen molar-refractivity contribution >= 4 is 23.4 Å². The standard InChI is InChI=1S/C29H41N5O6/c1-19(2)21-15-30-34-24(33(27(35)40-28(3,4)5)16-20-12-10-9-11-13-20)14-23(31-25(21)34)32-26(37-18-36-8)22-17-38-29(6,7)39-22/h9-15,19,22,26H,16-18H2,1-8H3,(H,31,32). The van der Waals surface area contributed by atoms with Crippen molar-refractivity contribution in [3.63, 3.8) is 0 Å². The highest BCUT2D eigenvalue weighted by Crippen LogP contribution is 2.30. The van der Waals surface area contributed by atoms with E-state index in [1.165, 1.54) is 0 Å². The number of amides is 1. The molecule has 0 radical (unpaired) electrons. The summed E-state index contributed by atoms with van der Waals surface area (Å²) in [5, 5.41) is 7.98. The van der Waals surface area contributed by atoms with Crippen molar-refractivity contribution in [1.29, 1.82) is 0 Å². The number of ether oxygens (including phenoxy) is 5. The Hall–Kier alpha value is -3.25. The average Bonchev–Trinajstić information content (AvgIpc) is 3.47. The summed E-state index contributed by atoms with van der Waals surface area (Å²) in [5.74, 6) is 0.362. The zero-order valence-electron chi connectivity index (χ0n) is 24.6. The van der Waals surface area contributed by atoms with Crippen molar-refractivity contribution in [2.45, 2.75) is 84.6 Å². The second-order valence-electron chi connectivity index (χ2n) is 11.5. The highest BCUT2D eigenvalue weighted by Gasteiger charge is 2.38. The summed E-state index contributed by atoms with van der Waals surface area (Å²) < 4.78 is 30.5. The molecule has 1 amide bonds. The predicted molar refractivity (Wildman–Crippen MR) is 151 cm³/mol. The third-order valence-electron chi connectivity index (χ3n) is 6.20. The van der Waals surface area contributed by atoms with Crippen molar-refractivity contribution in [1.82, 2.24) is 14.6 Å². The molecular weight excluding hydrogens is 514 g/mol. The van der Waals surface area contributed by atoms with Crippen LogP contribution in [0.25, 0.3) is 5.65 Å². The van der Waals surface area contributed by atoms with Crippen molar-refractivity contribution in [3.8, 4) is 0 Å². The minimum atomic E-state index is -0.747. The number of nitrogens with one attached hydrogen (secondary N) is 1. The van der Waals surface area contributed by atoms with E-state index in [0.717, 1.165) is 11.1 Å². The Morgan fingerprint density at radius 3 is 2.58 bits per heavy atom. The highest BCUT2D eigenvalue weighted by molar-refractivity contribution is 5.88. The Kier molecular flexibility index (Phi) is 8.99. The van der Waals surface area contributed by atoms with E-state index in [0.29, 0.717) is 23.9 Å². The smallest absolute Gasteiger partial charge is 0.416 e. The van der Waals surface area contributed by atoms with E-state index < -0.39 is 29.8 Å². The van der Waals surface area contributed by atoms with Gasteiger partial charge < -0.3 is 29.0 Å². The molecule has 2 aromatic heterocycles. The van der Waals surface area contributed by atoms with Crippen molar-refractivity contribution < 1.29 is 28.5 Å². The van der Waals surface area contributed by atoms with E-state index in [4.69, 9.17) is 28.7 Å². The summed E-state index contributed by atoms with van der Waals surface area (Å²) in [6.45, 7) is 14.0. The molecule has 1 N–H and O–H groups in total. The number of anilines is 2. The lowest BCUT2D eigenvalue weighted by Crippen LogP contribution is -2.40. The van der Waals surface area contributed by atoms with Gasteiger partial charge in [0.2, 0.25) is 0 Å². The van der Waals surface area contributed by atoms with Gasteiger partial charge in [0.1, 0.15) is 30.1 Å². The predicted octanol–water partition coefficient (Wildman–Crippen LogP) is 5.30. The number of hydrogen-bond donors (Lipinski definition) is 1. The number of carbonyl (C=O) groups excluding carboxylic acids is 1. The molecule has 1 fully saturated rings. The van der Waals surface area contributed by atoms with E-state index in [9.17, 15) is 4.79 Å². The van der Waals surface area contributed by atoms with Gasteiger partial charge in [0.25, 0.3) is 0 Å². The van der Waals surface area contributed by atoms with E-state index in [2.05, 4.69) is 24.3 Å². The maximum absolute atomic E-state index is 13.6. The lowest BCUT2D eigenvalue weighted by atomic mass is 10.1. The zero-order chi connectivity index (χ0) is 29.1. The van der Waals surface area contributed by atoms with Crippen LogP contribution >= 0.6 is 0 Å². The Morgan fingerprint density at radius 2 is 1.98 bits per heavy atom. The quantitative estimate of drug-likeness (QED) is 0.333. The van der Waals surface area contributed by atoms with Gasteiger partial charge in [0.15, 0.2) is 17.7 Å². The lowest BCUT2D eigenvalue weighted by molar-refractivity contribution is -0.164. The van der Waals surface area contributed by atoms with Crippen LogP contribution in [-0.4, -0.2) is 64.9 Å². The molecule has 1 aliphatic heterocycles. The van der Waals surface area contributed by atoms with Gasteiger partial charge in [0, 0.05) is 18.7 Å². The average molecular weight is 556 g/mol. The molecule has 11 nitrogen and oxygen atoms in total. The molecular formula is C29H41N5O6. The van der Waals surface area contributed by atoms with Crippen LogP contribution in [0.5, 0.6) is 0 Å². The van der Waals surface area contributed by atoms with Gasteiger partial charge in [0.05, 0.1) is 19.3 Å². The lowest BCUT2D eigenvalue weighted by Gasteiger charge is -2.29. The van der Waals surface area contributed by atoms with Gasteiger partial charge in [-0.15, -0.1) is 0 Å². The first-order valence-corrected chi connectivity index (χ1v) is 13.5. The Balaban J connectivity index is 1.80. The fourth-order valence-corrected chi connectivity index (χ4v) is 4.35. The number of methoxy groups -OCH3 is 1. The summed E-state index contributed by atoms with van der Waals surface area (Å²) in [4.78, 5) is 20.1. The molecule has 2 unspecified atom stereocenters. The monoisotopic (exact) mass is 555 g/mol. The van der Waals surface area contributed by atoms with Crippen LogP contribution in [0.2, 0.25) is 0 Å². The van der Waals surface area contributed by atoms with Crippen LogP contribution in [-0.2, 0) is 30.2 Å². The number of fused-ring (bicyclic) bond motifs is 1. The van der Waals surface area contributed by atoms with Gasteiger partial charge in [-0.05, 0) is 46.1 Å². The number of aromatic nitrogens is 3. The zero-order valence-corrected chi connectivity index (χ0v) is 24.6. The van der Waals surface area contributed by atoms with E-state index in [1.807, 2.05) is 65.0 Å². The van der Waals surface area contributed by atoms with Crippen molar-refractivity contribution in [2.24, 2.45) is 0 Å². The minimum Gasteiger partial charge on any atom is -0.443 e. The third-order valence-corrected chi connectivity index (χ3v) is 6.20. The SMILES string of the molecule is COCOC(Nc1cc(N(Cc2ccccc2)C(=O)OC(C)(C)C)n2ncc(C(C)C)c2n1)C1COC(C)(C)O1. The minimum absolute atomic E-state index is 0.0367. The molecule has 0 saturated carbocycles. The summed E-state index contributed by atoms with van der Waals surface area (Å²) in [6, 6.07) is 11.5. The topological polar surface area (TPSA) is 109 Å². The Bertz CT molecular complexity index is 1290. The number of nitrogens with zero attached hydrogens (tertiary/aromatic N) is 4. The molecule has 11 heteroatoms. The molecule has 218 valence electrons. The molecule has 1 saturated heterocycles. The molecule has 40 heavy (non-hydrogen) atoms. The molecule has 1 aromatic carbocycles. The molecule has 2 atom stereocenters. The first kappa shape index (κ1) is 29.7. The van der Waals surface area contributed by atoms with Crippen LogP contribution < -0.4 is 10.2 Å². The number of hydrogen-bond acceptors (Lipinski definition) is 9. The fraction of sp³-hybridized carbons (Fsp3) is 0.552. The van der Waals surface area contributed by atoms with Crippen LogP contribution in [0.4, 0.5) is 16.4 Å². The maximum Gasteiger partial charge on any atom is 0.416 e. The summed E-state index contributed by atoms with van der Waals surface area (Å²) >= 11 is 0. The molecule has 3 aromatic rings. The number of benzene rings is 1. The Morgan fingerprint density at radius 1 is 1.25 bits per heavy atom. The van der Waals surface area contributed by atoms with E-state index >= 15 is 0 Å². The molecule has 3 heterocycles. The van der Waals surface area contributed by atoms with Gasteiger partial charge in [-0.1, -0.05) is 44.2 Å². The molecule has 0 bridgehead atoms. The summed E-state index contributed by atoms with van der Waals surface area (Å²) in [5.41, 5.74) is 1.79. The first-order valence-electron chi connectivity index (χ1n) is 13.5. The molecule has 1 aliphatic rings. The van der Waals surface area contributed by atoms with Crippen LogP contribution in [0.1, 0.15) is 65.5 Å². The Labute approximate surface area is 235 Å². The fourth-order valence-electron chi connectivity index (χ4n) is 4.35. The normalized spacial score (nSPS) is 17.8. The first-order chi connectivity index (χ1) is 18.9. The second-order valence-corrected chi connectivity index (χ2v) is 11.5. The van der Waals surface area contributed by atoms with Crippen LogP contribution in [0.3, 0.4) is 0 Å². The third kappa shape index (κ3) is 7.28. The van der Waals surface area contributed by atoms with Crippen molar-refractivity contribution in [3.05, 3.63) is 53.7 Å². The van der Waals surface area contributed by atoms with Gasteiger partial charge >= 0.3 is 6.09 Å². The van der Waals surface area contributed by atoms with Gasteiger partial charge in [-0.2, -0.15) is 9.61 Å². The number of carbonyl (C=O) groups is 1. The molecule has 0 aliphatic carbocycles. The van der Waals surface area contributed by atoms with Crippen molar-refractivity contribution in [2.75, 3.05) is 30.7 Å². The summed E-state index contributed by atoms with van der Waals surface area (Å²) in [7, 11) is 1.55. The van der Waals surface area contributed by atoms with Gasteiger partial charge in [-0.3, -0.25) is 4.90 Å². The number of rotatable bonds is 10. The van der Waals surface area contributed by atoms with E-state index in [1.54, 1.807) is 28.8 Å². The van der Waals surface area contributed by atoms with Gasteiger partial charge in [-0.25, -0.2) is 9.78 Å². The molecule has 4 rings (SSSR count). The van der Waals surface area contributed by atoms with Crippen LogP contribution in [0, 0.1) is 0 Å². The maximum atomic E-state index is 13.6. The summed E-state index contributed by atoms with van der Waals surface area (Å²) in [6.07, 6.45) is 0.218. The largest absolute Gasteiger partial charge is 0.443 e. The molecule has 0 spiro atoms. The second kappa shape index (κ2) is 12.1. The highest BCUT2D eigenvalue weighted by atomic mass is 16.8. The van der Waals surface area contributed by atoms with Crippen LogP contribution in [0.15, 0.2) is 42.6 Å².